The lowest BCUT2D eigenvalue weighted by Crippen LogP contribution is -2.26. The lowest BCUT2D eigenvalue weighted by Gasteiger charge is -2.21. The summed E-state index contributed by atoms with van der Waals surface area (Å²) < 4.78 is 2.01. The van der Waals surface area contributed by atoms with Crippen LogP contribution >= 0.6 is 0 Å². The highest BCUT2D eigenvalue weighted by molar-refractivity contribution is 6.07. The molecule has 0 spiro atoms. The van der Waals surface area contributed by atoms with Crippen molar-refractivity contribution in [1.29, 1.82) is 0 Å². The summed E-state index contributed by atoms with van der Waals surface area (Å²) in [6, 6.07) is 4.11. The van der Waals surface area contributed by atoms with Crippen LogP contribution in [0.4, 0.5) is 5.82 Å². The highest BCUT2D eigenvalue weighted by Crippen LogP contribution is 2.34. The molecule has 0 aliphatic rings. The molecule has 0 aliphatic carbocycles. The number of hydrogen-bond donors (Lipinski definition) is 2. The number of pyridine rings is 1. The van der Waals surface area contributed by atoms with Crippen LogP contribution in [0.25, 0.3) is 38.8 Å². The van der Waals surface area contributed by atoms with E-state index in [2.05, 4.69) is 72.4 Å². The quantitative estimate of drug-likeness (QED) is 0.418. The highest BCUT2D eigenvalue weighted by Gasteiger charge is 2.18. The molecule has 7 nitrogen and oxygen atoms in total. The van der Waals surface area contributed by atoms with Gasteiger partial charge in [-0.2, -0.15) is 5.10 Å². The monoisotopic (exact) mass is 413 g/mol. The Labute approximate surface area is 180 Å². The predicted molar refractivity (Wildman–Crippen MR) is 125 cm³/mol. The number of H-pyrrole nitrogens is 1. The Morgan fingerprint density at radius 2 is 1.90 bits per heavy atom. The Balaban J connectivity index is 1.75. The molecule has 0 saturated heterocycles. The molecule has 0 amide bonds. The minimum Gasteiger partial charge on any atom is -0.365 e. The first-order valence-corrected chi connectivity index (χ1v) is 10.7. The van der Waals surface area contributed by atoms with Gasteiger partial charge in [-0.15, -0.1) is 0 Å². The summed E-state index contributed by atoms with van der Waals surface area (Å²) >= 11 is 0. The third kappa shape index (κ3) is 3.30. The summed E-state index contributed by atoms with van der Waals surface area (Å²) in [5, 5.41) is 13.1. The van der Waals surface area contributed by atoms with Gasteiger partial charge in [0.2, 0.25) is 5.78 Å². The summed E-state index contributed by atoms with van der Waals surface area (Å²) in [4.78, 5) is 14.2. The van der Waals surface area contributed by atoms with Gasteiger partial charge in [-0.05, 0) is 57.4 Å². The van der Waals surface area contributed by atoms with Crippen molar-refractivity contribution in [3.05, 3.63) is 48.0 Å². The fourth-order valence-corrected chi connectivity index (χ4v) is 4.28. The molecule has 0 radical (unpaired) electrons. The summed E-state index contributed by atoms with van der Waals surface area (Å²) in [6.45, 7) is 10.8. The smallest absolute Gasteiger partial charge is 0.235 e. The van der Waals surface area contributed by atoms with Gasteiger partial charge in [-0.3, -0.25) is 9.50 Å². The summed E-state index contributed by atoms with van der Waals surface area (Å²) in [7, 11) is 0. The molecule has 1 aromatic carbocycles. The van der Waals surface area contributed by atoms with Crippen LogP contribution in [0.3, 0.4) is 0 Å². The number of nitrogens with one attached hydrogen (secondary N) is 2. The molecule has 0 aliphatic heterocycles. The van der Waals surface area contributed by atoms with Gasteiger partial charge < -0.3 is 5.32 Å². The maximum atomic E-state index is 5.11. The molecule has 0 bridgehead atoms. The maximum absolute atomic E-state index is 5.11. The fourth-order valence-electron chi connectivity index (χ4n) is 4.28. The second-order valence-corrected chi connectivity index (χ2v) is 9.14. The van der Waals surface area contributed by atoms with Gasteiger partial charge in [0.1, 0.15) is 5.82 Å². The second-order valence-electron chi connectivity index (χ2n) is 9.14. The van der Waals surface area contributed by atoms with Crippen LogP contribution in [0.5, 0.6) is 0 Å². The van der Waals surface area contributed by atoms with Crippen molar-refractivity contribution in [3.8, 4) is 11.3 Å². The Morgan fingerprint density at radius 3 is 2.68 bits per heavy atom. The SMILES string of the molecule is CCCc1c(-c2cnc3ncc(NC(C)(C)C)n3c2)nc2ccc3[nH]ncc3c2c1C. The van der Waals surface area contributed by atoms with E-state index in [4.69, 9.17) is 4.98 Å². The zero-order chi connectivity index (χ0) is 21.8. The molecular formula is C24H27N7. The fraction of sp³-hybridized carbons (Fsp3) is 0.333. The Bertz CT molecular complexity index is 1420. The van der Waals surface area contributed by atoms with Crippen LogP contribution in [0.1, 0.15) is 45.2 Å². The van der Waals surface area contributed by atoms with Crippen molar-refractivity contribution in [2.75, 3.05) is 5.32 Å². The number of aromatic nitrogens is 6. The van der Waals surface area contributed by atoms with Crippen LogP contribution in [0, 0.1) is 6.92 Å². The van der Waals surface area contributed by atoms with E-state index in [1.807, 2.05) is 29.1 Å². The number of anilines is 1. The first kappa shape index (κ1) is 19.5. The topological polar surface area (TPSA) is 83.8 Å². The van der Waals surface area contributed by atoms with Crippen molar-refractivity contribution in [2.45, 2.75) is 53.0 Å². The van der Waals surface area contributed by atoms with E-state index in [0.717, 1.165) is 46.3 Å². The van der Waals surface area contributed by atoms with Crippen molar-refractivity contribution >= 4 is 33.4 Å². The molecule has 5 rings (SSSR count). The second kappa shape index (κ2) is 7.04. The van der Waals surface area contributed by atoms with Gasteiger partial charge in [-0.1, -0.05) is 13.3 Å². The molecule has 158 valence electrons. The molecule has 31 heavy (non-hydrogen) atoms. The third-order valence-electron chi connectivity index (χ3n) is 5.59. The van der Waals surface area contributed by atoms with Crippen LogP contribution < -0.4 is 5.32 Å². The van der Waals surface area contributed by atoms with Crippen molar-refractivity contribution in [3.63, 3.8) is 0 Å². The molecule has 0 unspecified atom stereocenters. The Kier molecular flexibility index (Phi) is 4.43. The van der Waals surface area contributed by atoms with E-state index >= 15 is 0 Å². The molecule has 0 saturated carbocycles. The standard InChI is InChI=1S/C24H27N7/c1-6-7-16-14(2)21-17-11-27-30-18(17)8-9-19(21)28-22(16)15-10-25-23-26-12-20(31(23)13-15)29-24(3,4)5/h8-13,29H,6-7H2,1-5H3,(H,27,30). The third-order valence-corrected chi connectivity index (χ3v) is 5.59. The Hall–Kier alpha value is -3.48. The van der Waals surface area contributed by atoms with Gasteiger partial charge in [0, 0.05) is 34.3 Å². The van der Waals surface area contributed by atoms with Gasteiger partial charge in [0.15, 0.2) is 0 Å². The van der Waals surface area contributed by atoms with E-state index in [1.54, 1.807) is 0 Å². The molecule has 4 heterocycles. The highest BCUT2D eigenvalue weighted by atomic mass is 15.2. The maximum Gasteiger partial charge on any atom is 0.235 e. The normalized spacial score (nSPS) is 12.3. The van der Waals surface area contributed by atoms with Gasteiger partial charge in [-0.25, -0.2) is 15.0 Å². The van der Waals surface area contributed by atoms with Crippen LogP contribution in [0.15, 0.2) is 36.9 Å². The molecule has 4 aromatic heterocycles. The van der Waals surface area contributed by atoms with Crippen LogP contribution in [-0.4, -0.2) is 35.1 Å². The first-order valence-electron chi connectivity index (χ1n) is 10.7. The van der Waals surface area contributed by atoms with Crippen LogP contribution in [-0.2, 0) is 6.42 Å². The number of aryl methyl sites for hydroxylation is 1. The lowest BCUT2D eigenvalue weighted by molar-refractivity contribution is 0.629. The molecule has 0 fully saturated rings. The van der Waals surface area contributed by atoms with Crippen molar-refractivity contribution in [1.82, 2.24) is 29.5 Å². The number of rotatable bonds is 4. The predicted octanol–water partition coefficient (Wildman–Crippen LogP) is 5.29. The van der Waals surface area contributed by atoms with Gasteiger partial charge >= 0.3 is 0 Å². The molecule has 0 atom stereocenters. The number of imidazole rings is 1. The first-order chi connectivity index (χ1) is 14.9. The number of benzene rings is 1. The molecule has 7 heteroatoms. The number of fused-ring (bicyclic) bond motifs is 4. The average Bonchev–Trinajstić information content (AvgIpc) is 3.35. The molecule has 2 N–H and O–H groups in total. The minimum absolute atomic E-state index is 0.0763. The van der Waals surface area contributed by atoms with E-state index in [9.17, 15) is 0 Å². The Morgan fingerprint density at radius 1 is 1.10 bits per heavy atom. The van der Waals surface area contributed by atoms with E-state index < -0.39 is 0 Å². The zero-order valence-electron chi connectivity index (χ0n) is 18.6. The minimum atomic E-state index is -0.0763. The average molecular weight is 414 g/mol. The van der Waals surface area contributed by atoms with Crippen molar-refractivity contribution in [2.24, 2.45) is 0 Å². The van der Waals surface area contributed by atoms with Crippen LogP contribution in [0.2, 0.25) is 0 Å². The zero-order valence-corrected chi connectivity index (χ0v) is 18.6. The van der Waals surface area contributed by atoms with E-state index in [1.165, 1.54) is 16.5 Å². The molecular weight excluding hydrogens is 386 g/mol. The summed E-state index contributed by atoms with van der Waals surface area (Å²) in [5.41, 5.74) is 6.42. The summed E-state index contributed by atoms with van der Waals surface area (Å²) in [5.74, 6) is 1.59. The van der Waals surface area contributed by atoms with E-state index in [0.29, 0.717) is 5.78 Å². The van der Waals surface area contributed by atoms with Crippen molar-refractivity contribution < 1.29 is 0 Å². The number of aromatic amines is 1. The molecule has 5 aromatic rings. The number of nitrogens with zero attached hydrogens (tertiary/aromatic N) is 5. The number of hydrogen-bond acceptors (Lipinski definition) is 5. The largest absolute Gasteiger partial charge is 0.365 e. The van der Waals surface area contributed by atoms with Gasteiger partial charge in [0.05, 0.1) is 29.1 Å². The lowest BCUT2D eigenvalue weighted by atomic mass is 9.94. The summed E-state index contributed by atoms with van der Waals surface area (Å²) in [6.07, 6.45) is 9.69. The van der Waals surface area contributed by atoms with E-state index in [-0.39, 0.29) is 5.54 Å². The van der Waals surface area contributed by atoms with Gasteiger partial charge in [0.25, 0.3) is 0 Å².